The molecule has 0 aromatic heterocycles. The summed E-state index contributed by atoms with van der Waals surface area (Å²) in [5, 5.41) is 13.8. The van der Waals surface area contributed by atoms with E-state index in [2.05, 4.69) is 12.2 Å². The molecule has 0 amide bonds. The van der Waals surface area contributed by atoms with Crippen LogP contribution in [-0.4, -0.2) is 49.2 Å². The fourth-order valence-electron chi connectivity index (χ4n) is 4.51. The fourth-order valence-corrected chi connectivity index (χ4v) is 4.81. The molecular formula is C24H47NO3SY. The minimum atomic E-state index is -0.489. The number of ether oxygens (including phenoxy) is 2. The van der Waals surface area contributed by atoms with Crippen LogP contribution in [0.3, 0.4) is 0 Å². The maximum absolute atomic E-state index is 10.4. The van der Waals surface area contributed by atoms with Gasteiger partial charge >= 0.3 is 0 Å². The van der Waals surface area contributed by atoms with E-state index in [9.17, 15) is 5.11 Å². The second-order valence-corrected chi connectivity index (χ2v) is 9.30. The van der Waals surface area contributed by atoms with Gasteiger partial charge < -0.3 is 19.9 Å². The Morgan fingerprint density at radius 2 is 1.40 bits per heavy atom. The summed E-state index contributed by atoms with van der Waals surface area (Å²) in [6.45, 7) is 2.84. The fraction of sp³-hybridized carbons (Fsp3) is 0.958. The van der Waals surface area contributed by atoms with Gasteiger partial charge in [0, 0.05) is 52.8 Å². The summed E-state index contributed by atoms with van der Waals surface area (Å²) in [5.41, 5.74) is 0. The molecule has 1 fully saturated rings. The number of hydrogen-bond donors (Lipinski definition) is 2. The summed E-state index contributed by atoms with van der Waals surface area (Å²) in [5.74, 6) is 0.113. The second-order valence-electron chi connectivity index (χ2n) is 8.81. The van der Waals surface area contributed by atoms with Crippen molar-refractivity contribution in [2.24, 2.45) is 5.92 Å². The van der Waals surface area contributed by atoms with Gasteiger partial charge in [0.1, 0.15) is 6.10 Å². The monoisotopic (exact) mass is 518 g/mol. The van der Waals surface area contributed by atoms with Crippen molar-refractivity contribution in [1.82, 2.24) is 5.32 Å². The average Bonchev–Trinajstić information content (AvgIpc) is 3.00. The van der Waals surface area contributed by atoms with Crippen LogP contribution < -0.4 is 5.32 Å². The molecule has 0 saturated heterocycles. The van der Waals surface area contributed by atoms with Crippen LogP contribution in [-0.2, 0) is 42.2 Å². The van der Waals surface area contributed by atoms with Gasteiger partial charge in [-0.2, -0.15) is 0 Å². The first-order valence-electron chi connectivity index (χ1n) is 12.1. The molecule has 1 radical (unpaired) electrons. The van der Waals surface area contributed by atoms with Crippen LogP contribution in [0.5, 0.6) is 0 Å². The van der Waals surface area contributed by atoms with Gasteiger partial charge in [-0.05, 0) is 19.3 Å². The maximum Gasteiger partial charge on any atom is 0.103 e. The molecule has 0 aromatic carbocycles. The van der Waals surface area contributed by atoms with Crippen LogP contribution in [0.15, 0.2) is 0 Å². The summed E-state index contributed by atoms with van der Waals surface area (Å²) >= 11 is 5.54. The molecule has 175 valence electrons. The van der Waals surface area contributed by atoms with E-state index in [0.29, 0.717) is 6.61 Å². The molecule has 0 aromatic rings. The standard InChI is InChI=1S/C24H47NO3S.Y/c1-4-5-6-7-8-9-10-11-12-13-14-15-16-17-22(29)25-21-18-20(19-27-2)23(26)24(21)28-3;/h20-21,23-24,26H,4-19H2,1-3H3,(H,25,29);/t20-,21+,23+,24?;/m1./s1. The van der Waals surface area contributed by atoms with Crippen molar-refractivity contribution in [3.05, 3.63) is 0 Å². The Morgan fingerprint density at radius 3 is 1.87 bits per heavy atom. The summed E-state index contributed by atoms with van der Waals surface area (Å²) in [7, 11) is 3.34. The quantitative estimate of drug-likeness (QED) is 0.178. The first-order valence-corrected chi connectivity index (χ1v) is 12.5. The van der Waals surface area contributed by atoms with Crippen molar-refractivity contribution < 1.29 is 47.3 Å². The molecule has 1 aliphatic rings. The SMILES string of the molecule is CCCCCCCCCCCCCCCC(=S)N[C@H]1C[C@H](COC)[C@H](O)C1OC.[Y]. The topological polar surface area (TPSA) is 50.7 Å². The van der Waals surface area contributed by atoms with Crippen LogP contribution in [0.25, 0.3) is 0 Å². The molecule has 0 spiro atoms. The molecular weight excluding hydrogens is 471 g/mol. The molecule has 0 aliphatic heterocycles. The summed E-state index contributed by atoms with van der Waals surface area (Å²) in [6.07, 6.45) is 18.8. The first kappa shape index (κ1) is 30.9. The van der Waals surface area contributed by atoms with Crippen molar-refractivity contribution >= 4 is 17.2 Å². The molecule has 1 unspecified atom stereocenters. The molecule has 6 heteroatoms. The van der Waals surface area contributed by atoms with E-state index >= 15 is 0 Å². The van der Waals surface area contributed by atoms with E-state index in [1.165, 1.54) is 77.0 Å². The molecule has 1 rings (SSSR count). The average molecular weight is 519 g/mol. The number of nitrogens with one attached hydrogen (secondary N) is 1. The normalized spacial score (nSPS) is 23.3. The van der Waals surface area contributed by atoms with Crippen molar-refractivity contribution in [3.63, 3.8) is 0 Å². The number of hydrogen-bond acceptors (Lipinski definition) is 4. The van der Waals surface area contributed by atoms with Gasteiger partial charge in [0.2, 0.25) is 0 Å². The Kier molecular flexibility index (Phi) is 21.1. The van der Waals surface area contributed by atoms with E-state index in [-0.39, 0.29) is 50.8 Å². The van der Waals surface area contributed by atoms with E-state index < -0.39 is 6.10 Å². The summed E-state index contributed by atoms with van der Waals surface area (Å²) in [4.78, 5) is 0.908. The second kappa shape index (κ2) is 20.5. The number of rotatable bonds is 18. The van der Waals surface area contributed by atoms with Gasteiger partial charge in [-0.25, -0.2) is 0 Å². The molecule has 4 nitrogen and oxygen atoms in total. The molecule has 2 N–H and O–H groups in total. The largest absolute Gasteiger partial charge is 0.390 e. The predicted octanol–water partition coefficient (Wildman–Crippen LogP) is 5.79. The molecule has 30 heavy (non-hydrogen) atoms. The van der Waals surface area contributed by atoms with E-state index in [1.807, 2.05) is 0 Å². The Balaban J connectivity index is 0.00000841. The van der Waals surface area contributed by atoms with Gasteiger partial charge in [-0.15, -0.1) is 0 Å². The Morgan fingerprint density at radius 1 is 0.900 bits per heavy atom. The molecule has 1 aliphatic carbocycles. The predicted molar refractivity (Wildman–Crippen MR) is 127 cm³/mol. The van der Waals surface area contributed by atoms with Crippen molar-refractivity contribution in [3.8, 4) is 0 Å². The molecule has 0 heterocycles. The number of methoxy groups -OCH3 is 2. The van der Waals surface area contributed by atoms with Crippen LogP contribution in [0.2, 0.25) is 0 Å². The Hall–Kier alpha value is 0.874. The van der Waals surface area contributed by atoms with E-state index in [1.54, 1.807) is 14.2 Å². The van der Waals surface area contributed by atoms with Crippen molar-refractivity contribution in [2.45, 2.75) is 121 Å². The van der Waals surface area contributed by atoms with Crippen LogP contribution in [0.1, 0.15) is 103 Å². The van der Waals surface area contributed by atoms with Crippen LogP contribution in [0.4, 0.5) is 0 Å². The zero-order chi connectivity index (χ0) is 21.3. The van der Waals surface area contributed by atoms with Gasteiger partial charge in [-0.3, -0.25) is 0 Å². The Labute approximate surface area is 216 Å². The van der Waals surface area contributed by atoms with Gasteiger partial charge in [-0.1, -0.05) is 96.2 Å². The third-order valence-electron chi connectivity index (χ3n) is 6.28. The van der Waals surface area contributed by atoms with Crippen molar-refractivity contribution in [1.29, 1.82) is 0 Å². The van der Waals surface area contributed by atoms with Gasteiger partial charge in [0.05, 0.1) is 23.7 Å². The first-order chi connectivity index (χ1) is 14.1. The number of aliphatic hydroxyl groups is 1. The van der Waals surface area contributed by atoms with Crippen LogP contribution in [0, 0.1) is 5.92 Å². The third kappa shape index (κ3) is 13.4. The van der Waals surface area contributed by atoms with Crippen LogP contribution >= 0.6 is 12.2 Å². The molecule has 0 bridgehead atoms. The maximum atomic E-state index is 10.4. The zero-order valence-corrected chi connectivity index (χ0v) is 23.5. The Bertz CT molecular complexity index is 414. The minimum Gasteiger partial charge on any atom is -0.390 e. The minimum absolute atomic E-state index is 0. The van der Waals surface area contributed by atoms with E-state index in [0.717, 1.165) is 24.3 Å². The molecule has 4 atom stereocenters. The van der Waals surface area contributed by atoms with E-state index in [4.69, 9.17) is 21.7 Å². The van der Waals surface area contributed by atoms with Gasteiger partial charge in [0.15, 0.2) is 0 Å². The number of thiocarbonyl (C=S) groups is 1. The molecule has 1 saturated carbocycles. The summed E-state index contributed by atoms with van der Waals surface area (Å²) in [6, 6.07) is 0.0876. The van der Waals surface area contributed by atoms with Gasteiger partial charge in [0.25, 0.3) is 0 Å². The zero-order valence-electron chi connectivity index (χ0n) is 19.9. The number of unbranched alkanes of at least 4 members (excludes halogenated alkanes) is 12. The smallest absolute Gasteiger partial charge is 0.103 e. The number of aliphatic hydroxyl groups excluding tert-OH is 1. The third-order valence-corrected chi connectivity index (χ3v) is 6.60. The van der Waals surface area contributed by atoms with Crippen molar-refractivity contribution in [2.75, 3.05) is 20.8 Å². The summed E-state index contributed by atoms with van der Waals surface area (Å²) < 4.78 is 10.7.